The van der Waals surface area contributed by atoms with Crippen LogP contribution in [0.4, 0.5) is 0 Å². The van der Waals surface area contributed by atoms with Crippen LogP contribution in [0.1, 0.15) is 29.7 Å². The molecule has 3 heteroatoms. The van der Waals surface area contributed by atoms with Crippen molar-refractivity contribution in [3.8, 4) is 0 Å². The summed E-state index contributed by atoms with van der Waals surface area (Å²) in [6.07, 6.45) is 1.62. The van der Waals surface area contributed by atoms with Gasteiger partial charge in [0.25, 0.3) is 0 Å². The van der Waals surface area contributed by atoms with Crippen LogP contribution in [-0.4, -0.2) is 0 Å². The zero-order valence-corrected chi connectivity index (χ0v) is 12.4. The first-order valence-electron chi connectivity index (χ1n) is 6.39. The Morgan fingerprint density at radius 3 is 2.26 bits per heavy atom. The van der Waals surface area contributed by atoms with Gasteiger partial charge in [-0.3, -0.25) is 0 Å². The molecule has 2 aromatic carbocycles. The number of halogens is 2. The molecule has 0 aromatic heterocycles. The van der Waals surface area contributed by atoms with Gasteiger partial charge in [0.05, 0.1) is 0 Å². The highest BCUT2D eigenvalue weighted by atomic mass is 35.5. The predicted octanol–water partition coefficient (Wildman–Crippen LogP) is 4.80. The number of hydrogen-bond acceptors (Lipinski definition) is 1. The van der Waals surface area contributed by atoms with E-state index in [0.29, 0.717) is 16.5 Å². The Kier molecular flexibility index (Phi) is 4.87. The maximum absolute atomic E-state index is 6.32. The summed E-state index contributed by atoms with van der Waals surface area (Å²) in [6.45, 7) is 2.13. The van der Waals surface area contributed by atoms with Gasteiger partial charge in [0.1, 0.15) is 0 Å². The SMILES string of the molecule is CCc1ccccc1C(N)Cc1c(Cl)cccc1Cl. The Morgan fingerprint density at radius 2 is 1.63 bits per heavy atom. The fraction of sp³-hybridized carbons (Fsp3) is 0.250. The molecule has 0 aliphatic carbocycles. The second-order valence-electron chi connectivity index (χ2n) is 4.56. The van der Waals surface area contributed by atoms with E-state index in [9.17, 15) is 0 Å². The second kappa shape index (κ2) is 6.42. The van der Waals surface area contributed by atoms with Crippen molar-refractivity contribution in [2.24, 2.45) is 5.73 Å². The minimum absolute atomic E-state index is 0.0893. The lowest BCUT2D eigenvalue weighted by molar-refractivity contribution is 0.712. The molecule has 0 fully saturated rings. The summed E-state index contributed by atoms with van der Waals surface area (Å²) in [5, 5.41) is 1.36. The normalized spacial score (nSPS) is 12.4. The predicted molar refractivity (Wildman–Crippen MR) is 82.9 cm³/mol. The molecule has 0 aliphatic rings. The van der Waals surface area contributed by atoms with Crippen LogP contribution in [0.15, 0.2) is 42.5 Å². The highest BCUT2D eigenvalue weighted by Crippen LogP contribution is 2.29. The average Bonchev–Trinajstić information content (AvgIpc) is 2.42. The second-order valence-corrected chi connectivity index (χ2v) is 5.38. The molecule has 0 saturated heterocycles. The van der Waals surface area contributed by atoms with Gasteiger partial charge in [0.15, 0.2) is 0 Å². The molecule has 100 valence electrons. The topological polar surface area (TPSA) is 26.0 Å². The Hall–Kier alpha value is -1.02. The van der Waals surface area contributed by atoms with Crippen molar-refractivity contribution in [3.05, 3.63) is 69.2 Å². The molecular formula is C16H17Cl2N. The van der Waals surface area contributed by atoms with Gasteiger partial charge in [-0.25, -0.2) is 0 Å². The lowest BCUT2D eigenvalue weighted by atomic mass is 9.94. The van der Waals surface area contributed by atoms with Gasteiger partial charge in [0, 0.05) is 16.1 Å². The summed E-state index contributed by atoms with van der Waals surface area (Å²) in [7, 11) is 0. The fourth-order valence-electron chi connectivity index (χ4n) is 2.28. The molecule has 1 atom stereocenters. The van der Waals surface area contributed by atoms with E-state index in [2.05, 4.69) is 19.1 Å². The molecule has 2 N–H and O–H groups in total. The molecular weight excluding hydrogens is 277 g/mol. The van der Waals surface area contributed by atoms with Crippen LogP contribution in [0, 0.1) is 0 Å². The van der Waals surface area contributed by atoms with Crippen LogP contribution < -0.4 is 5.73 Å². The van der Waals surface area contributed by atoms with E-state index in [4.69, 9.17) is 28.9 Å². The van der Waals surface area contributed by atoms with Crippen LogP contribution in [0.5, 0.6) is 0 Å². The Labute approximate surface area is 124 Å². The van der Waals surface area contributed by atoms with Crippen molar-refractivity contribution in [2.45, 2.75) is 25.8 Å². The van der Waals surface area contributed by atoms with E-state index in [-0.39, 0.29) is 6.04 Å². The number of aryl methyl sites for hydroxylation is 1. The minimum Gasteiger partial charge on any atom is -0.324 e. The van der Waals surface area contributed by atoms with E-state index in [1.807, 2.05) is 30.3 Å². The Balaban J connectivity index is 2.28. The summed E-state index contributed by atoms with van der Waals surface area (Å²) >= 11 is 12.4. The quantitative estimate of drug-likeness (QED) is 0.861. The van der Waals surface area contributed by atoms with Gasteiger partial charge in [-0.15, -0.1) is 0 Å². The third kappa shape index (κ3) is 3.30. The molecule has 0 saturated carbocycles. The zero-order chi connectivity index (χ0) is 13.8. The van der Waals surface area contributed by atoms with Crippen LogP contribution in [-0.2, 0) is 12.8 Å². The molecule has 0 aliphatic heterocycles. The van der Waals surface area contributed by atoms with E-state index < -0.39 is 0 Å². The summed E-state index contributed by atoms with van der Waals surface area (Å²) in [6, 6.07) is 13.7. The zero-order valence-electron chi connectivity index (χ0n) is 10.9. The van der Waals surface area contributed by atoms with Crippen molar-refractivity contribution in [2.75, 3.05) is 0 Å². The third-order valence-corrected chi connectivity index (χ3v) is 4.03. The third-order valence-electron chi connectivity index (χ3n) is 3.32. The van der Waals surface area contributed by atoms with Gasteiger partial charge in [-0.2, -0.15) is 0 Å². The summed E-state index contributed by atoms with van der Waals surface area (Å²) < 4.78 is 0. The van der Waals surface area contributed by atoms with E-state index in [1.54, 1.807) is 0 Å². The van der Waals surface area contributed by atoms with Gasteiger partial charge in [-0.1, -0.05) is 60.5 Å². The van der Waals surface area contributed by atoms with Crippen molar-refractivity contribution in [3.63, 3.8) is 0 Å². The number of hydrogen-bond donors (Lipinski definition) is 1. The number of benzene rings is 2. The standard InChI is InChI=1S/C16H17Cl2N/c1-2-11-6-3-4-7-12(11)16(19)10-13-14(17)8-5-9-15(13)18/h3-9,16H,2,10,19H2,1H3. The molecule has 0 amide bonds. The lowest BCUT2D eigenvalue weighted by Gasteiger charge is -2.17. The number of rotatable bonds is 4. The largest absolute Gasteiger partial charge is 0.324 e. The summed E-state index contributed by atoms with van der Waals surface area (Å²) in [4.78, 5) is 0. The molecule has 2 aromatic rings. The van der Waals surface area contributed by atoms with Crippen molar-refractivity contribution in [1.29, 1.82) is 0 Å². The van der Waals surface area contributed by atoms with E-state index in [0.717, 1.165) is 12.0 Å². The van der Waals surface area contributed by atoms with E-state index >= 15 is 0 Å². The molecule has 0 spiro atoms. The van der Waals surface area contributed by atoms with Gasteiger partial charge >= 0.3 is 0 Å². The highest BCUT2D eigenvalue weighted by molar-refractivity contribution is 6.36. The first-order chi connectivity index (χ1) is 9.13. The van der Waals surface area contributed by atoms with Crippen LogP contribution in [0.25, 0.3) is 0 Å². The molecule has 0 radical (unpaired) electrons. The molecule has 0 bridgehead atoms. The first kappa shape index (κ1) is 14.4. The molecule has 1 nitrogen and oxygen atoms in total. The van der Waals surface area contributed by atoms with Crippen molar-refractivity contribution >= 4 is 23.2 Å². The van der Waals surface area contributed by atoms with Crippen LogP contribution >= 0.6 is 23.2 Å². The van der Waals surface area contributed by atoms with Crippen LogP contribution in [0.2, 0.25) is 10.0 Å². The maximum atomic E-state index is 6.32. The summed E-state index contributed by atoms with van der Waals surface area (Å²) in [5.74, 6) is 0. The lowest BCUT2D eigenvalue weighted by Crippen LogP contribution is -2.15. The first-order valence-corrected chi connectivity index (χ1v) is 7.15. The van der Waals surface area contributed by atoms with Crippen molar-refractivity contribution < 1.29 is 0 Å². The molecule has 2 rings (SSSR count). The maximum Gasteiger partial charge on any atom is 0.0453 e. The smallest absolute Gasteiger partial charge is 0.0453 e. The molecule has 19 heavy (non-hydrogen) atoms. The fourth-order valence-corrected chi connectivity index (χ4v) is 2.83. The Bertz CT molecular complexity index is 546. The monoisotopic (exact) mass is 293 g/mol. The minimum atomic E-state index is -0.0893. The average molecular weight is 294 g/mol. The molecule has 1 unspecified atom stereocenters. The van der Waals surface area contributed by atoms with Gasteiger partial charge in [-0.05, 0) is 41.7 Å². The van der Waals surface area contributed by atoms with Crippen LogP contribution in [0.3, 0.4) is 0 Å². The van der Waals surface area contributed by atoms with Crippen molar-refractivity contribution in [1.82, 2.24) is 0 Å². The Morgan fingerprint density at radius 1 is 1.00 bits per heavy atom. The van der Waals surface area contributed by atoms with E-state index in [1.165, 1.54) is 11.1 Å². The highest BCUT2D eigenvalue weighted by Gasteiger charge is 2.14. The summed E-state index contributed by atoms with van der Waals surface area (Å²) in [5.41, 5.74) is 9.69. The van der Waals surface area contributed by atoms with Gasteiger partial charge < -0.3 is 5.73 Å². The number of nitrogens with two attached hydrogens (primary N) is 1. The van der Waals surface area contributed by atoms with Gasteiger partial charge in [0.2, 0.25) is 0 Å². The molecule has 0 heterocycles.